The second-order valence-electron chi connectivity index (χ2n) is 6.16. The van der Waals surface area contributed by atoms with Gasteiger partial charge in [-0.05, 0) is 30.0 Å². The third-order valence-electron chi connectivity index (χ3n) is 3.59. The van der Waals surface area contributed by atoms with E-state index in [1.165, 1.54) is 11.3 Å². The molecule has 0 aliphatic carbocycles. The van der Waals surface area contributed by atoms with Crippen LogP contribution < -0.4 is 10.2 Å². The minimum atomic E-state index is 0.322. The van der Waals surface area contributed by atoms with Crippen molar-refractivity contribution in [3.8, 4) is 0 Å². The molecule has 17 heavy (non-hydrogen) atoms. The summed E-state index contributed by atoms with van der Waals surface area (Å²) in [4.78, 5) is 2.50. The van der Waals surface area contributed by atoms with Gasteiger partial charge in [-0.3, -0.25) is 0 Å². The van der Waals surface area contributed by atoms with Crippen LogP contribution in [-0.2, 0) is 0 Å². The van der Waals surface area contributed by atoms with Crippen molar-refractivity contribution < 1.29 is 0 Å². The van der Waals surface area contributed by atoms with Crippen LogP contribution in [0.3, 0.4) is 0 Å². The standard InChI is InChI=1S/C15H24N2/c1-12-6-5-7-13(10-12)17-9-8-16-14(11-17)15(2,3)4/h5-7,10,14,16H,8-9,11H2,1-4H3. The Bertz CT molecular complexity index is 379. The maximum absolute atomic E-state index is 3.63. The highest BCUT2D eigenvalue weighted by Crippen LogP contribution is 2.25. The van der Waals surface area contributed by atoms with Gasteiger partial charge in [0.15, 0.2) is 0 Å². The van der Waals surface area contributed by atoms with E-state index in [4.69, 9.17) is 0 Å². The zero-order valence-electron chi connectivity index (χ0n) is 11.5. The molecule has 0 spiro atoms. The maximum Gasteiger partial charge on any atom is 0.0369 e. The summed E-state index contributed by atoms with van der Waals surface area (Å²) in [5.41, 5.74) is 3.02. The second kappa shape index (κ2) is 4.69. The number of nitrogens with one attached hydrogen (secondary N) is 1. The molecule has 1 atom stereocenters. The molecule has 0 bridgehead atoms. The van der Waals surface area contributed by atoms with Crippen LogP contribution in [0.5, 0.6) is 0 Å². The van der Waals surface area contributed by atoms with Gasteiger partial charge in [0.1, 0.15) is 0 Å². The molecule has 1 saturated heterocycles. The van der Waals surface area contributed by atoms with Crippen LogP contribution in [0, 0.1) is 12.3 Å². The van der Waals surface area contributed by atoms with E-state index >= 15 is 0 Å². The first-order valence-electron chi connectivity index (χ1n) is 6.52. The molecule has 0 radical (unpaired) electrons. The number of hydrogen-bond donors (Lipinski definition) is 1. The summed E-state index contributed by atoms with van der Waals surface area (Å²) in [6.45, 7) is 12.4. The minimum Gasteiger partial charge on any atom is -0.369 e. The molecule has 1 aromatic rings. The van der Waals surface area contributed by atoms with E-state index in [0.717, 1.165) is 19.6 Å². The monoisotopic (exact) mass is 232 g/mol. The summed E-state index contributed by atoms with van der Waals surface area (Å²) in [6, 6.07) is 9.38. The molecule has 1 unspecified atom stereocenters. The molecule has 1 aliphatic heterocycles. The highest BCUT2D eigenvalue weighted by molar-refractivity contribution is 5.49. The van der Waals surface area contributed by atoms with E-state index in [1.54, 1.807) is 0 Å². The summed E-state index contributed by atoms with van der Waals surface area (Å²) in [5.74, 6) is 0. The molecule has 0 saturated carbocycles. The Morgan fingerprint density at radius 3 is 2.71 bits per heavy atom. The van der Waals surface area contributed by atoms with Crippen LogP contribution in [-0.4, -0.2) is 25.7 Å². The van der Waals surface area contributed by atoms with E-state index in [2.05, 4.69) is 62.2 Å². The fraction of sp³-hybridized carbons (Fsp3) is 0.600. The first-order valence-corrected chi connectivity index (χ1v) is 6.52. The summed E-state index contributed by atoms with van der Waals surface area (Å²) >= 11 is 0. The minimum absolute atomic E-state index is 0.322. The number of aryl methyl sites for hydroxylation is 1. The lowest BCUT2D eigenvalue weighted by Crippen LogP contribution is -2.56. The number of benzene rings is 1. The fourth-order valence-electron chi connectivity index (χ4n) is 2.39. The van der Waals surface area contributed by atoms with Crippen molar-refractivity contribution in [2.45, 2.75) is 33.7 Å². The van der Waals surface area contributed by atoms with Gasteiger partial charge in [0.25, 0.3) is 0 Å². The Labute approximate surface area is 105 Å². The van der Waals surface area contributed by atoms with Gasteiger partial charge < -0.3 is 10.2 Å². The number of rotatable bonds is 1. The molecule has 2 heteroatoms. The molecule has 2 rings (SSSR count). The molecule has 1 heterocycles. The predicted molar refractivity (Wildman–Crippen MR) is 74.6 cm³/mol. The van der Waals surface area contributed by atoms with Crippen molar-refractivity contribution in [1.82, 2.24) is 5.32 Å². The number of hydrogen-bond acceptors (Lipinski definition) is 2. The lowest BCUT2D eigenvalue weighted by molar-refractivity contribution is 0.254. The van der Waals surface area contributed by atoms with Crippen LogP contribution in [0.15, 0.2) is 24.3 Å². The smallest absolute Gasteiger partial charge is 0.0369 e. The first kappa shape index (κ1) is 12.4. The number of anilines is 1. The fourth-order valence-corrected chi connectivity index (χ4v) is 2.39. The largest absolute Gasteiger partial charge is 0.369 e. The Morgan fingerprint density at radius 1 is 1.29 bits per heavy atom. The van der Waals surface area contributed by atoms with Crippen LogP contribution >= 0.6 is 0 Å². The van der Waals surface area contributed by atoms with Gasteiger partial charge in [-0.15, -0.1) is 0 Å². The summed E-state index contributed by atoms with van der Waals surface area (Å²) in [6.07, 6.45) is 0. The normalized spacial score (nSPS) is 21.6. The molecule has 1 fully saturated rings. The number of nitrogens with zero attached hydrogens (tertiary/aromatic N) is 1. The first-order chi connectivity index (χ1) is 7.97. The van der Waals surface area contributed by atoms with Crippen LogP contribution in [0.2, 0.25) is 0 Å². The third kappa shape index (κ3) is 3.01. The van der Waals surface area contributed by atoms with Crippen LogP contribution in [0.4, 0.5) is 5.69 Å². The highest BCUT2D eigenvalue weighted by atomic mass is 15.2. The molecule has 1 aromatic carbocycles. The Hall–Kier alpha value is -1.02. The Morgan fingerprint density at radius 2 is 2.06 bits per heavy atom. The molecule has 2 nitrogen and oxygen atoms in total. The van der Waals surface area contributed by atoms with Crippen LogP contribution in [0.25, 0.3) is 0 Å². The van der Waals surface area contributed by atoms with Gasteiger partial charge in [-0.25, -0.2) is 0 Å². The van der Waals surface area contributed by atoms with Gasteiger partial charge >= 0.3 is 0 Å². The molecule has 0 aromatic heterocycles. The Balaban J connectivity index is 2.12. The van der Waals surface area contributed by atoms with Crippen molar-refractivity contribution in [2.24, 2.45) is 5.41 Å². The van der Waals surface area contributed by atoms with E-state index in [1.807, 2.05) is 0 Å². The van der Waals surface area contributed by atoms with Crippen LogP contribution in [0.1, 0.15) is 26.3 Å². The van der Waals surface area contributed by atoms with Crippen molar-refractivity contribution in [3.63, 3.8) is 0 Å². The highest BCUT2D eigenvalue weighted by Gasteiger charge is 2.29. The molecule has 94 valence electrons. The van der Waals surface area contributed by atoms with Crippen molar-refractivity contribution in [3.05, 3.63) is 29.8 Å². The summed E-state index contributed by atoms with van der Waals surface area (Å²) in [7, 11) is 0. The van der Waals surface area contributed by atoms with Gasteiger partial charge in [-0.1, -0.05) is 32.9 Å². The van der Waals surface area contributed by atoms with Crippen molar-refractivity contribution in [1.29, 1.82) is 0 Å². The SMILES string of the molecule is Cc1cccc(N2CCNC(C(C)(C)C)C2)c1. The van der Waals surface area contributed by atoms with E-state index in [-0.39, 0.29) is 0 Å². The summed E-state index contributed by atoms with van der Waals surface area (Å²) < 4.78 is 0. The average molecular weight is 232 g/mol. The van der Waals surface area contributed by atoms with Crippen molar-refractivity contribution >= 4 is 5.69 Å². The second-order valence-corrected chi connectivity index (χ2v) is 6.16. The zero-order chi connectivity index (χ0) is 12.5. The lowest BCUT2D eigenvalue weighted by Gasteiger charge is -2.41. The molecular weight excluding hydrogens is 208 g/mol. The Kier molecular flexibility index (Phi) is 3.43. The lowest BCUT2D eigenvalue weighted by atomic mass is 9.85. The topological polar surface area (TPSA) is 15.3 Å². The molecular formula is C15H24N2. The van der Waals surface area contributed by atoms with E-state index < -0.39 is 0 Å². The third-order valence-corrected chi connectivity index (χ3v) is 3.59. The van der Waals surface area contributed by atoms with E-state index in [0.29, 0.717) is 11.5 Å². The predicted octanol–water partition coefficient (Wildman–Crippen LogP) is 2.82. The van der Waals surface area contributed by atoms with Gasteiger partial charge in [0.2, 0.25) is 0 Å². The maximum atomic E-state index is 3.63. The molecule has 0 amide bonds. The zero-order valence-corrected chi connectivity index (χ0v) is 11.5. The molecule has 1 aliphatic rings. The van der Waals surface area contributed by atoms with Gasteiger partial charge in [0, 0.05) is 31.4 Å². The number of piperazine rings is 1. The van der Waals surface area contributed by atoms with E-state index in [9.17, 15) is 0 Å². The summed E-state index contributed by atoms with van der Waals surface area (Å²) in [5, 5.41) is 3.63. The molecule has 1 N–H and O–H groups in total. The van der Waals surface area contributed by atoms with Gasteiger partial charge in [0.05, 0.1) is 0 Å². The quantitative estimate of drug-likeness (QED) is 0.801. The van der Waals surface area contributed by atoms with Crippen molar-refractivity contribution in [2.75, 3.05) is 24.5 Å². The average Bonchev–Trinajstić information content (AvgIpc) is 2.28. The van der Waals surface area contributed by atoms with Gasteiger partial charge in [-0.2, -0.15) is 0 Å².